The minimum atomic E-state index is -0.640. The molecule has 3 heteroatoms. The maximum atomic E-state index is 13.0. The lowest BCUT2D eigenvalue weighted by Gasteiger charge is -2.04. The summed E-state index contributed by atoms with van der Waals surface area (Å²) in [7, 11) is 0. The van der Waals surface area contributed by atoms with Gasteiger partial charge in [-0.2, -0.15) is 5.26 Å². The number of nitrogens with zero attached hydrogens (tertiary/aromatic N) is 1. The minimum absolute atomic E-state index is 0.160. The number of carbonyl (C=O) groups excluding carboxylic acids is 1. The molecule has 0 aliphatic carbocycles. The van der Waals surface area contributed by atoms with Gasteiger partial charge in [0, 0.05) is 5.56 Å². The van der Waals surface area contributed by atoms with Crippen LogP contribution in [0.5, 0.6) is 0 Å². The summed E-state index contributed by atoms with van der Waals surface area (Å²) in [5.41, 5.74) is 0.653. The molecule has 0 aliphatic rings. The first-order chi connectivity index (χ1) is 6.07. The minimum Gasteiger partial charge on any atom is -0.294 e. The molecule has 0 fully saturated rings. The quantitative estimate of drug-likeness (QED) is 0.617. The Kier molecular flexibility index (Phi) is 2.43. The van der Waals surface area contributed by atoms with Crippen molar-refractivity contribution >= 4 is 5.78 Å². The number of hydrogen-bond donors (Lipinski definition) is 0. The molecule has 1 aromatic carbocycles. The topological polar surface area (TPSA) is 40.9 Å². The van der Waals surface area contributed by atoms with E-state index in [2.05, 4.69) is 0 Å². The normalized spacial score (nSPS) is 9.38. The molecule has 0 bridgehead atoms. The van der Waals surface area contributed by atoms with E-state index in [-0.39, 0.29) is 16.9 Å². The standard InChI is InChI=1S/C10H8FNO/c1-6-3-4-9(11)8(5-12)10(6)7(2)13/h3-4H,1-2H3. The fraction of sp³-hybridized carbons (Fsp3) is 0.200. The van der Waals surface area contributed by atoms with Gasteiger partial charge in [-0.25, -0.2) is 4.39 Å². The summed E-state index contributed by atoms with van der Waals surface area (Å²) in [4.78, 5) is 11.1. The van der Waals surface area contributed by atoms with E-state index in [1.165, 1.54) is 19.1 Å². The molecule has 1 rings (SSSR count). The van der Waals surface area contributed by atoms with Crippen LogP contribution in [0.4, 0.5) is 4.39 Å². The number of Topliss-reactive ketones (excluding diaryl/α,β-unsaturated/α-hetero) is 1. The third kappa shape index (κ3) is 1.57. The van der Waals surface area contributed by atoms with E-state index in [0.29, 0.717) is 5.56 Å². The van der Waals surface area contributed by atoms with Crippen LogP contribution in [0.15, 0.2) is 12.1 Å². The predicted molar refractivity (Wildman–Crippen MR) is 45.9 cm³/mol. The lowest BCUT2D eigenvalue weighted by Crippen LogP contribution is -2.02. The van der Waals surface area contributed by atoms with Crippen LogP contribution in [-0.4, -0.2) is 5.78 Å². The van der Waals surface area contributed by atoms with Crippen molar-refractivity contribution in [1.29, 1.82) is 5.26 Å². The number of halogens is 1. The molecule has 0 atom stereocenters. The molecule has 2 nitrogen and oxygen atoms in total. The lowest BCUT2D eigenvalue weighted by molar-refractivity contribution is 0.101. The molecular weight excluding hydrogens is 169 g/mol. The van der Waals surface area contributed by atoms with Gasteiger partial charge < -0.3 is 0 Å². The molecule has 0 N–H and O–H groups in total. The number of carbonyl (C=O) groups is 1. The van der Waals surface area contributed by atoms with Crippen molar-refractivity contribution in [2.75, 3.05) is 0 Å². The average Bonchev–Trinajstić information content (AvgIpc) is 2.07. The van der Waals surface area contributed by atoms with Gasteiger partial charge in [-0.05, 0) is 25.5 Å². The predicted octanol–water partition coefficient (Wildman–Crippen LogP) is 2.21. The number of nitriles is 1. The largest absolute Gasteiger partial charge is 0.294 e. The Morgan fingerprint density at radius 3 is 2.54 bits per heavy atom. The number of rotatable bonds is 1. The molecule has 0 aromatic heterocycles. The molecule has 0 aliphatic heterocycles. The molecule has 13 heavy (non-hydrogen) atoms. The van der Waals surface area contributed by atoms with Gasteiger partial charge in [0.2, 0.25) is 0 Å². The van der Waals surface area contributed by atoms with Crippen LogP contribution in [0.3, 0.4) is 0 Å². The smallest absolute Gasteiger partial charge is 0.161 e. The fourth-order valence-electron chi connectivity index (χ4n) is 1.24. The highest BCUT2D eigenvalue weighted by Crippen LogP contribution is 2.17. The Labute approximate surface area is 75.6 Å². The number of hydrogen-bond acceptors (Lipinski definition) is 2. The molecule has 0 radical (unpaired) electrons. The van der Waals surface area contributed by atoms with Crippen molar-refractivity contribution < 1.29 is 9.18 Å². The summed E-state index contributed by atoms with van der Waals surface area (Å²) in [6.45, 7) is 3.00. The maximum Gasteiger partial charge on any atom is 0.161 e. The molecule has 1 aromatic rings. The SMILES string of the molecule is CC(=O)c1c(C)ccc(F)c1C#N. The first-order valence-corrected chi connectivity index (χ1v) is 3.78. The lowest BCUT2D eigenvalue weighted by atomic mass is 9.99. The van der Waals surface area contributed by atoms with Gasteiger partial charge in [-0.15, -0.1) is 0 Å². The van der Waals surface area contributed by atoms with E-state index in [0.717, 1.165) is 0 Å². The van der Waals surface area contributed by atoms with E-state index in [4.69, 9.17) is 5.26 Å². The van der Waals surface area contributed by atoms with Crippen LogP contribution in [0.25, 0.3) is 0 Å². The van der Waals surface area contributed by atoms with Crippen molar-refractivity contribution in [1.82, 2.24) is 0 Å². The second-order valence-corrected chi connectivity index (χ2v) is 2.78. The van der Waals surface area contributed by atoms with Crippen molar-refractivity contribution in [3.8, 4) is 6.07 Å². The zero-order valence-corrected chi connectivity index (χ0v) is 7.39. The first kappa shape index (κ1) is 9.40. The highest BCUT2D eigenvalue weighted by Gasteiger charge is 2.14. The summed E-state index contributed by atoms with van der Waals surface area (Å²) in [6.07, 6.45) is 0. The molecule has 0 heterocycles. The molecule has 0 saturated heterocycles. The van der Waals surface area contributed by atoms with Crippen molar-refractivity contribution in [2.24, 2.45) is 0 Å². The van der Waals surface area contributed by atoms with Gasteiger partial charge in [-0.3, -0.25) is 4.79 Å². The molecule has 0 spiro atoms. The zero-order chi connectivity index (χ0) is 10.0. The monoisotopic (exact) mass is 177 g/mol. The van der Waals surface area contributed by atoms with E-state index in [1.54, 1.807) is 13.0 Å². The van der Waals surface area contributed by atoms with Gasteiger partial charge in [0.15, 0.2) is 5.78 Å². The molecule has 0 amide bonds. The highest BCUT2D eigenvalue weighted by atomic mass is 19.1. The van der Waals surface area contributed by atoms with E-state index in [9.17, 15) is 9.18 Å². The fourth-order valence-corrected chi connectivity index (χ4v) is 1.24. The van der Waals surface area contributed by atoms with Crippen molar-refractivity contribution in [3.05, 3.63) is 34.6 Å². The zero-order valence-electron chi connectivity index (χ0n) is 7.39. The van der Waals surface area contributed by atoms with Crippen LogP contribution >= 0.6 is 0 Å². The summed E-state index contributed by atoms with van der Waals surface area (Å²) in [6, 6.07) is 4.38. The molecule has 0 saturated carbocycles. The summed E-state index contributed by atoms with van der Waals surface area (Å²) in [5, 5.41) is 8.63. The van der Waals surface area contributed by atoms with Gasteiger partial charge in [0.25, 0.3) is 0 Å². The van der Waals surface area contributed by atoms with E-state index < -0.39 is 5.82 Å². The maximum absolute atomic E-state index is 13.0. The van der Waals surface area contributed by atoms with Crippen LogP contribution in [0.1, 0.15) is 28.4 Å². The third-order valence-electron chi connectivity index (χ3n) is 1.83. The number of aryl methyl sites for hydroxylation is 1. The Morgan fingerprint density at radius 1 is 1.54 bits per heavy atom. The number of benzene rings is 1. The second kappa shape index (κ2) is 3.36. The van der Waals surface area contributed by atoms with Gasteiger partial charge in [-0.1, -0.05) is 6.07 Å². The number of ketones is 1. The Balaban J connectivity index is 3.55. The summed E-state index contributed by atoms with van der Waals surface area (Å²) >= 11 is 0. The first-order valence-electron chi connectivity index (χ1n) is 3.78. The average molecular weight is 177 g/mol. The summed E-state index contributed by atoms with van der Waals surface area (Å²) in [5.74, 6) is -0.924. The van der Waals surface area contributed by atoms with Gasteiger partial charge >= 0.3 is 0 Å². The summed E-state index contributed by atoms with van der Waals surface area (Å²) < 4.78 is 13.0. The van der Waals surface area contributed by atoms with Gasteiger partial charge in [0.1, 0.15) is 11.9 Å². The van der Waals surface area contributed by atoms with Crippen LogP contribution in [0, 0.1) is 24.1 Å². The van der Waals surface area contributed by atoms with Gasteiger partial charge in [0.05, 0.1) is 5.56 Å². The Hall–Kier alpha value is -1.69. The van der Waals surface area contributed by atoms with Crippen LogP contribution in [0.2, 0.25) is 0 Å². The second-order valence-electron chi connectivity index (χ2n) is 2.78. The van der Waals surface area contributed by atoms with Crippen molar-refractivity contribution in [3.63, 3.8) is 0 Å². The van der Waals surface area contributed by atoms with Crippen LogP contribution in [-0.2, 0) is 0 Å². The highest BCUT2D eigenvalue weighted by molar-refractivity contribution is 5.97. The van der Waals surface area contributed by atoms with Crippen LogP contribution < -0.4 is 0 Å². The molecule has 66 valence electrons. The molecule has 0 unspecified atom stereocenters. The van der Waals surface area contributed by atoms with Crippen molar-refractivity contribution in [2.45, 2.75) is 13.8 Å². The Bertz CT molecular complexity index is 404. The molecular formula is C10H8FNO. The third-order valence-corrected chi connectivity index (χ3v) is 1.83. The van der Waals surface area contributed by atoms with E-state index >= 15 is 0 Å². The van der Waals surface area contributed by atoms with E-state index in [1.807, 2.05) is 0 Å². The Morgan fingerprint density at radius 2 is 2.15 bits per heavy atom.